The first kappa shape index (κ1) is 13.5. The third-order valence-electron chi connectivity index (χ3n) is 2.80. The SMILES string of the molecule is Cc1cccc(C)c1C(=O)Nc1ncc(N)cc1Br. The van der Waals surface area contributed by atoms with Gasteiger partial charge in [-0.15, -0.1) is 0 Å². The van der Waals surface area contributed by atoms with Crippen LogP contribution in [-0.2, 0) is 0 Å². The maximum Gasteiger partial charge on any atom is 0.257 e. The van der Waals surface area contributed by atoms with E-state index in [1.807, 2.05) is 32.0 Å². The predicted octanol–water partition coefficient (Wildman–Crippen LogP) is 3.30. The molecule has 0 radical (unpaired) electrons. The average molecular weight is 320 g/mol. The van der Waals surface area contributed by atoms with Gasteiger partial charge in [0.2, 0.25) is 0 Å². The number of nitrogens with zero attached hydrogens (tertiary/aromatic N) is 1. The van der Waals surface area contributed by atoms with Gasteiger partial charge in [-0.3, -0.25) is 4.79 Å². The molecule has 0 fully saturated rings. The number of aromatic nitrogens is 1. The first-order valence-corrected chi connectivity index (χ1v) is 6.57. The van der Waals surface area contributed by atoms with Crippen LogP contribution in [0.1, 0.15) is 21.5 Å². The molecule has 1 aromatic carbocycles. The molecule has 5 heteroatoms. The second kappa shape index (κ2) is 5.40. The molecule has 1 heterocycles. The zero-order valence-corrected chi connectivity index (χ0v) is 12.3. The second-order valence-electron chi connectivity index (χ2n) is 4.32. The molecular formula is C14H14BrN3O. The number of hydrogen-bond donors (Lipinski definition) is 2. The number of nitrogen functional groups attached to an aromatic ring is 1. The van der Waals surface area contributed by atoms with Crippen LogP contribution in [0.25, 0.3) is 0 Å². The molecule has 98 valence electrons. The first-order chi connectivity index (χ1) is 8.99. The highest BCUT2D eigenvalue weighted by molar-refractivity contribution is 9.10. The minimum atomic E-state index is -0.173. The number of hydrogen-bond acceptors (Lipinski definition) is 3. The molecule has 3 N–H and O–H groups in total. The Morgan fingerprint density at radius 2 is 1.95 bits per heavy atom. The lowest BCUT2D eigenvalue weighted by Gasteiger charge is -2.11. The number of amides is 1. The summed E-state index contributed by atoms with van der Waals surface area (Å²) in [6.07, 6.45) is 1.51. The van der Waals surface area contributed by atoms with Gasteiger partial charge in [-0.2, -0.15) is 0 Å². The van der Waals surface area contributed by atoms with Crippen LogP contribution in [0.4, 0.5) is 11.5 Å². The van der Waals surface area contributed by atoms with Crippen LogP contribution in [0, 0.1) is 13.8 Å². The predicted molar refractivity (Wildman–Crippen MR) is 80.2 cm³/mol. The van der Waals surface area contributed by atoms with Crippen molar-refractivity contribution in [2.45, 2.75) is 13.8 Å². The van der Waals surface area contributed by atoms with Gasteiger partial charge in [0.25, 0.3) is 5.91 Å². The van der Waals surface area contributed by atoms with Gasteiger partial charge >= 0.3 is 0 Å². The Balaban J connectivity index is 2.31. The molecule has 2 rings (SSSR count). The Kier molecular flexibility index (Phi) is 3.85. The molecule has 0 saturated heterocycles. The quantitative estimate of drug-likeness (QED) is 0.892. The fourth-order valence-corrected chi connectivity index (χ4v) is 2.35. The van der Waals surface area contributed by atoms with E-state index in [-0.39, 0.29) is 5.91 Å². The van der Waals surface area contributed by atoms with Crippen LogP contribution in [-0.4, -0.2) is 10.9 Å². The molecule has 2 aromatic rings. The van der Waals surface area contributed by atoms with Gasteiger partial charge in [0.05, 0.1) is 16.4 Å². The van der Waals surface area contributed by atoms with E-state index in [0.717, 1.165) is 11.1 Å². The minimum Gasteiger partial charge on any atom is -0.397 e. The Morgan fingerprint density at radius 3 is 2.53 bits per heavy atom. The molecule has 19 heavy (non-hydrogen) atoms. The molecule has 0 spiro atoms. The van der Waals surface area contributed by atoms with E-state index in [0.29, 0.717) is 21.5 Å². The maximum atomic E-state index is 12.3. The third kappa shape index (κ3) is 2.93. The van der Waals surface area contributed by atoms with Crippen LogP contribution >= 0.6 is 15.9 Å². The number of halogens is 1. The molecule has 1 amide bonds. The van der Waals surface area contributed by atoms with Crippen molar-refractivity contribution in [1.29, 1.82) is 0 Å². The summed E-state index contributed by atoms with van der Waals surface area (Å²) in [6, 6.07) is 7.45. The number of anilines is 2. The van der Waals surface area contributed by atoms with Gasteiger partial charge in [0, 0.05) is 5.56 Å². The number of rotatable bonds is 2. The van der Waals surface area contributed by atoms with E-state index in [1.165, 1.54) is 6.20 Å². The Labute approximate surface area is 120 Å². The molecule has 0 aliphatic heterocycles. The van der Waals surface area contributed by atoms with E-state index in [2.05, 4.69) is 26.2 Å². The van der Waals surface area contributed by atoms with E-state index in [9.17, 15) is 4.79 Å². The van der Waals surface area contributed by atoms with Gasteiger partial charge in [0.1, 0.15) is 5.82 Å². The Hall–Kier alpha value is -1.88. The molecule has 0 saturated carbocycles. The summed E-state index contributed by atoms with van der Waals surface area (Å²) in [7, 11) is 0. The zero-order chi connectivity index (χ0) is 14.0. The fraction of sp³-hybridized carbons (Fsp3) is 0.143. The fourth-order valence-electron chi connectivity index (χ4n) is 1.89. The summed E-state index contributed by atoms with van der Waals surface area (Å²) in [5, 5.41) is 2.78. The lowest BCUT2D eigenvalue weighted by molar-refractivity contribution is 0.102. The normalized spacial score (nSPS) is 10.3. The van der Waals surface area contributed by atoms with Gasteiger partial charge in [0.15, 0.2) is 0 Å². The van der Waals surface area contributed by atoms with Crippen molar-refractivity contribution in [3.8, 4) is 0 Å². The average Bonchev–Trinajstić information content (AvgIpc) is 2.32. The van der Waals surface area contributed by atoms with Crippen molar-refractivity contribution in [3.05, 3.63) is 51.6 Å². The van der Waals surface area contributed by atoms with Crippen molar-refractivity contribution >= 4 is 33.3 Å². The van der Waals surface area contributed by atoms with E-state index < -0.39 is 0 Å². The topological polar surface area (TPSA) is 68.0 Å². The Morgan fingerprint density at radius 1 is 1.32 bits per heavy atom. The van der Waals surface area contributed by atoms with Crippen LogP contribution in [0.3, 0.4) is 0 Å². The number of nitrogens with two attached hydrogens (primary N) is 1. The molecule has 1 aromatic heterocycles. The van der Waals surface area contributed by atoms with E-state index in [1.54, 1.807) is 6.07 Å². The second-order valence-corrected chi connectivity index (χ2v) is 5.17. The van der Waals surface area contributed by atoms with Gasteiger partial charge in [-0.1, -0.05) is 18.2 Å². The highest BCUT2D eigenvalue weighted by atomic mass is 79.9. The highest BCUT2D eigenvalue weighted by Gasteiger charge is 2.14. The third-order valence-corrected chi connectivity index (χ3v) is 3.41. The smallest absolute Gasteiger partial charge is 0.257 e. The first-order valence-electron chi connectivity index (χ1n) is 5.77. The number of benzene rings is 1. The van der Waals surface area contributed by atoms with E-state index >= 15 is 0 Å². The summed E-state index contributed by atoms with van der Waals surface area (Å²) in [5.74, 6) is 0.287. The number of aryl methyl sites for hydroxylation is 2. The summed E-state index contributed by atoms with van der Waals surface area (Å²) in [4.78, 5) is 16.4. The zero-order valence-electron chi connectivity index (χ0n) is 10.7. The molecule has 0 aliphatic rings. The van der Waals surface area contributed by atoms with Crippen LogP contribution in [0.2, 0.25) is 0 Å². The number of carbonyl (C=O) groups excluding carboxylic acids is 1. The van der Waals surface area contributed by atoms with Crippen LogP contribution < -0.4 is 11.1 Å². The highest BCUT2D eigenvalue weighted by Crippen LogP contribution is 2.23. The van der Waals surface area contributed by atoms with Crippen molar-refractivity contribution < 1.29 is 4.79 Å². The largest absolute Gasteiger partial charge is 0.397 e. The number of carbonyl (C=O) groups is 1. The van der Waals surface area contributed by atoms with E-state index in [4.69, 9.17) is 5.73 Å². The van der Waals surface area contributed by atoms with Crippen molar-refractivity contribution in [2.24, 2.45) is 0 Å². The summed E-state index contributed by atoms with van der Waals surface area (Å²) >= 11 is 3.33. The molecule has 0 aliphatic carbocycles. The molecule has 4 nitrogen and oxygen atoms in total. The van der Waals surface area contributed by atoms with Crippen molar-refractivity contribution in [2.75, 3.05) is 11.1 Å². The van der Waals surface area contributed by atoms with Gasteiger partial charge in [-0.05, 0) is 47.0 Å². The number of pyridine rings is 1. The summed E-state index contributed by atoms with van der Waals surface area (Å²) in [6.45, 7) is 3.82. The summed E-state index contributed by atoms with van der Waals surface area (Å²) < 4.78 is 0.659. The minimum absolute atomic E-state index is 0.173. The lowest BCUT2D eigenvalue weighted by Crippen LogP contribution is -2.16. The standard InChI is InChI=1S/C14H14BrN3O/c1-8-4-3-5-9(2)12(8)14(19)18-13-11(15)6-10(16)7-17-13/h3-7H,16H2,1-2H3,(H,17,18,19). The van der Waals surface area contributed by atoms with Gasteiger partial charge < -0.3 is 11.1 Å². The maximum absolute atomic E-state index is 12.3. The molecule has 0 unspecified atom stereocenters. The molecule has 0 bridgehead atoms. The summed E-state index contributed by atoms with van der Waals surface area (Å²) in [5.41, 5.74) is 8.69. The van der Waals surface area contributed by atoms with Crippen molar-refractivity contribution in [1.82, 2.24) is 4.98 Å². The van der Waals surface area contributed by atoms with Gasteiger partial charge in [-0.25, -0.2) is 4.98 Å². The monoisotopic (exact) mass is 319 g/mol. The molecule has 0 atom stereocenters. The molecular weight excluding hydrogens is 306 g/mol. The Bertz CT molecular complexity index is 620. The van der Waals surface area contributed by atoms with Crippen LogP contribution in [0.15, 0.2) is 34.9 Å². The van der Waals surface area contributed by atoms with Crippen molar-refractivity contribution in [3.63, 3.8) is 0 Å². The van der Waals surface area contributed by atoms with Crippen LogP contribution in [0.5, 0.6) is 0 Å². The lowest BCUT2D eigenvalue weighted by atomic mass is 10.0. The number of nitrogens with one attached hydrogen (secondary N) is 1.